The molecule has 1 heterocycles. The van der Waals surface area contributed by atoms with Gasteiger partial charge in [-0.05, 0) is 56.1 Å². The first-order valence-electron chi connectivity index (χ1n) is 6.76. The second-order valence-electron chi connectivity index (χ2n) is 5.16. The third-order valence-electron chi connectivity index (χ3n) is 3.85. The highest BCUT2D eigenvalue weighted by atomic mass is 32.2. The largest absolute Gasteiger partial charge is 0.314 e. The maximum absolute atomic E-state index is 3.63. The molecule has 0 spiro atoms. The van der Waals surface area contributed by atoms with Crippen LogP contribution in [0.3, 0.4) is 0 Å². The van der Waals surface area contributed by atoms with Crippen molar-refractivity contribution in [2.45, 2.75) is 57.4 Å². The Morgan fingerprint density at radius 3 is 2.53 bits per heavy atom. The number of thioether (sulfide) groups is 1. The van der Waals surface area contributed by atoms with Gasteiger partial charge in [-0.15, -0.1) is 0 Å². The first-order valence-corrected chi connectivity index (χ1v) is 7.92. The Bertz CT molecular complexity index is 160. The van der Waals surface area contributed by atoms with Crippen LogP contribution < -0.4 is 5.32 Å². The zero-order chi connectivity index (χ0) is 10.3. The van der Waals surface area contributed by atoms with Gasteiger partial charge in [0.05, 0.1) is 0 Å². The molecule has 0 radical (unpaired) electrons. The lowest BCUT2D eigenvalue weighted by molar-refractivity contribution is 0.394. The van der Waals surface area contributed by atoms with Crippen LogP contribution in [0, 0.1) is 5.92 Å². The lowest BCUT2D eigenvalue weighted by atomic mass is 10.0. The second kappa shape index (κ2) is 6.80. The van der Waals surface area contributed by atoms with Gasteiger partial charge in [0.2, 0.25) is 0 Å². The molecule has 1 nitrogen and oxygen atoms in total. The van der Waals surface area contributed by atoms with Gasteiger partial charge < -0.3 is 5.32 Å². The van der Waals surface area contributed by atoms with Crippen LogP contribution in [0.5, 0.6) is 0 Å². The van der Waals surface area contributed by atoms with Crippen molar-refractivity contribution in [2.24, 2.45) is 5.92 Å². The van der Waals surface area contributed by atoms with E-state index in [-0.39, 0.29) is 0 Å². The third-order valence-corrected chi connectivity index (χ3v) is 5.08. The molecule has 0 amide bonds. The highest BCUT2D eigenvalue weighted by Crippen LogP contribution is 2.28. The highest BCUT2D eigenvalue weighted by Gasteiger charge is 2.15. The fraction of sp³-hybridized carbons (Fsp3) is 1.00. The minimum Gasteiger partial charge on any atom is -0.314 e. The topological polar surface area (TPSA) is 12.0 Å². The summed E-state index contributed by atoms with van der Waals surface area (Å²) < 4.78 is 0. The summed E-state index contributed by atoms with van der Waals surface area (Å²) in [6, 6.07) is 0.842. The standard InChI is InChI=1S/C13H25NS/c1-2-6-12(5-1)11-15-10-8-13-7-3-4-9-14-13/h12-14H,1-11H2. The summed E-state index contributed by atoms with van der Waals surface area (Å²) in [5.74, 6) is 3.88. The predicted octanol–water partition coefficient (Wildman–Crippen LogP) is 3.44. The maximum Gasteiger partial charge on any atom is 0.00749 e. The highest BCUT2D eigenvalue weighted by molar-refractivity contribution is 7.99. The average Bonchev–Trinajstić information content (AvgIpc) is 2.79. The first kappa shape index (κ1) is 11.8. The van der Waals surface area contributed by atoms with Crippen LogP contribution in [0.15, 0.2) is 0 Å². The van der Waals surface area contributed by atoms with Crippen LogP contribution in [0.2, 0.25) is 0 Å². The predicted molar refractivity (Wildman–Crippen MR) is 69.5 cm³/mol. The van der Waals surface area contributed by atoms with Gasteiger partial charge in [0.25, 0.3) is 0 Å². The van der Waals surface area contributed by atoms with Crippen molar-refractivity contribution in [3.05, 3.63) is 0 Å². The fourth-order valence-corrected chi connectivity index (χ4v) is 4.11. The first-order chi connectivity index (χ1) is 7.45. The van der Waals surface area contributed by atoms with E-state index < -0.39 is 0 Å². The summed E-state index contributed by atoms with van der Waals surface area (Å²) in [7, 11) is 0. The van der Waals surface area contributed by atoms with E-state index in [9.17, 15) is 0 Å². The van der Waals surface area contributed by atoms with E-state index in [2.05, 4.69) is 17.1 Å². The number of nitrogens with one attached hydrogen (secondary N) is 1. The van der Waals surface area contributed by atoms with E-state index in [1.807, 2.05) is 0 Å². The van der Waals surface area contributed by atoms with Crippen LogP contribution >= 0.6 is 11.8 Å². The van der Waals surface area contributed by atoms with Crippen molar-refractivity contribution in [1.82, 2.24) is 5.32 Å². The van der Waals surface area contributed by atoms with E-state index in [1.165, 1.54) is 69.4 Å². The summed E-state index contributed by atoms with van der Waals surface area (Å²) >= 11 is 2.20. The van der Waals surface area contributed by atoms with Gasteiger partial charge in [0.1, 0.15) is 0 Å². The summed E-state index contributed by atoms with van der Waals surface area (Å²) in [6.07, 6.45) is 11.7. The number of hydrogen-bond donors (Lipinski definition) is 1. The van der Waals surface area contributed by atoms with Crippen LogP contribution in [0.25, 0.3) is 0 Å². The van der Waals surface area contributed by atoms with E-state index in [0.29, 0.717) is 0 Å². The van der Waals surface area contributed by atoms with Gasteiger partial charge in [0.15, 0.2) is 0 Å². The molecule has 1 saturated carbocycles. The molecular formula is C13H25NS. The summed E-state index contributed by atoms with van der Waals surface area (Å²) in [5, 5.41) is 3.63. The molecule has 88 valence electrons. The third kappa shape index (κ3) is 4.36. The van der Waals surface area contributed by atoms with Crippen molar-refractivity contribution < 1.29 is 0 Å². The Morgan fingerprint density at radius 1 is 1.00 bits per heavy atom. The molecule has 0 bridgehead atoms. The van der Waals surface area contributed by atoms with E-state index >= 15 is 0 Å². The molecule has 2 heteroatoms. The van der Waals surface area contributed by atoms with Gasteiger partial charge >= 0.3 is 0 Å². The molecule has 1 aliphatic heterocycles. The van der Waals surface area contributed by atoms with Crippen molar-refractivity contribution in [3.63, 3.8) is 0 Å². The molecule has 1 N–H and O–H groups in total. The minimum atomic E-state index is 0.842. The molecule has 0 aromatic rings. The quantitative estimate of drug-likeness (QED) is 0.722. The fourth-order valence-electron chi connectivity index (χ4n) is 2.82. The molecule has 1 saturated heterocycles. The van der Waals surface area contributed by atoms with Crippen molar-refractivity contribution in [2.75, 3.05) is 18.1 Å². The Hall–Kier alpha value is 0.310. The molecule has 2 rings (SSSR count). The van der Waals surface area contributed by atoms with Gasteiger partial charge in [-0.3, -0.25) is 0 Å². The minimum absolute atomic E-state index is 0.842. The monoisotopic (exact) mass is 227 g/mol. The van der Waals surface area contributed by atoms with Crippen molar-refractivity contribution in [1.29, 1.82) is 0 Å². The van der Waals surface area contributed by atoms with Gasteiger partial charge in [-0.25, -0.2) is 0 Å². The van der Waals surface area contributed by atoms with Crippen molar-refractivity contribution >= 4 is 11.8 Å². The molecule has 1 aliphatic carbocycles. The normalized spacial score (nSPS) is 28.4. The molecule has 2 fully saturated rings. The van der Waals surface area contributed by atoms with Crippen molar-refractivity contribution in [3.8, 4) is 0 Å². The average molecular weight is 227 g/mol. The summed E-state index contributed by atoms with van der Waals surface area (Å²) in [6.45, 7) is 1.26. The van der Waals surface area contributed by atoms with E-state index in [1.54, 1.807) is 0 Å². The Morgan fingerprint density at radius 2 is 1.80 bits per heavy atom. The van der Waals surface area contributed by atoms with Gasteiger partial charge in [-0.2, -0.15) is 11.8 Å². The number of rotatable bonds is 5. The number of hydrogen-bond acceptors (Lipinski definition) is 2. The molecule has 0 aromatic carbocycles. The van der Waals surface area contributed by atoms with Crippen LogP contribution in [0.1, 0.15) is 51.4 Å². The number of piperidine rings is 1. The SMILES string of the molecule is C1CCC(CCSCC2CCCC2)NC1. The second-order valence-corrected chi connectivity index (χ2v) is 6.31. The maximum atomic E-state index is 3.63. The molecule has 0 aromatic heterocycles. The molecule has 1 unspecified atom stereocenters. The Kier molecular flexibility index (Phi) is 5.34. The molecule has 1 atom stereocenters. The molecule has 15 heavy (non-hydrogen) atoms. The van der Waals surface area contributed by atoms with E-state index in [4.69, 9.17) is 0 Å². The van der Waals surface area contributed by atoms with Crippen LogP contribution in [0.4, 0.5) is 0 Å². The smallest absolute Gasteiger partial charge is 0.00749 e. The summed E-state index contributed by atoms with van der Waals surface area (Å²) in [4.78, 5) is 0. The molecule has 2 aliphatic rings. The zero-order valence-electron chi connectivity index (χ0n) is 9.84. The summed E-state index contributed by atoms with van der Waals surface area (Å²) in [5.41, 5.74) is 0. The molecular weight excluding hydrogens is 202 g/mol. The lowest BCUT2D eigenvalue weighted by Gasteiger charge is -2.23. The Labute approximate surface area is 98.8 Å². The lowest BCUT2D eigenvalue weighted by Crippen LogP contribution is -2.34. The van der Waals surface area contributed by atoms with E-state index in [0.717, 1.165) is 12.0 Å². The Balaban J connectivity index is 1.47. The van der Waals surface area contributed by atoms with Gasteiger partial charge in [0, 0.05) is 6.04 Å². The van der Waals surface area contributed by atoms with Crippen LogP contribution in [-0.2, 0) is 0 Å². The van der Waals surface area contributed by atoms with Gasteiger partial charge in [-0.1, -0.05) is 19.3 Å². The van der Waals surface area contributed by atoms with Crippen LogP contribution in [-0.4, -0.2) is 24.1 Å². The zero-order valence-corrected chi connectivity index (χ0v) is 10.7.